The molecular weight excluding hydrogens is 289 g/mol. The summed E-state index contributed by atoms with van der Waals surface area (Å²) in [6.45, 7) is 0. The number of rotatable bonds is 4. The first-order valence-electron chi connectivity index (χ1n) is 4.34. The van der Waals surface area contributed by atoms with Gasteiger partial charge in [0, 0.05) is 6.07 Å². The number of hydrogen-bond donors (Lipinski definition) is 2. The van der Waals surface area contributed by atoms with Crippen molar-refractivity contribution in [1.82, 2.24) is 0 Å². The Morgan fingerprint density at radius 2 is 1.61 bits per heavy atom. The van der Waals surface area contributed by atoms with Gasteiger partial charge in [0.1, 0.15) is 0 Å². The molecule has 0 aliphatic heterocycles. The Balaban J connectivity index is 3.55. The van der Waals surface area contributed by atoms with Crippen LogP contribution in [0.5, 0.6) is 0 Å². The maximum atomic E-state index is 10.8. The van der Waals surface area contributed by atoms with Crippen LogP contribution in [0.25, 0.3) is 0 Å². The highest BCUT2D eigenvalue weighted by atomic mass is 35.5. The second-order valence-electron chi connectivity index (χ2n) is 3.19. The van der Waals surface area contributed by atoms with Gasteiger partial charge in [-0.1, -0.05) is 23.2 Å². The van der Waals surface area contributed by atoms with Gasteiger partial charge in [0.25, 0.3) is 5.69 Å². The number of carboxylic acid groups (broad SMARTS) is 2. The van der Waals surface area contributed by atoms with Gasteiger partial charge < -0.3 is 10.2 Å². The zero-order valence-corrected chi connectivity index (χ0v) is 9.97. The lowest BCUT2D eigenvalue weighted by atomic mass is 9.97. The molecule has 9 heteroatoms. The van der Waals surface area contributed by atoms with Crippen molar-refractivity contribution in [2.24, 2.45) is 0 Å². The molecule has 1 rings (SSSR count). The fraction of sp³-hybridized carbons (Fsp3) is 0.111. The molecule has 1 aromatic carbocycles. The third kappa shape index (κ3) is 2.69. The van der Waals surface area contributed by atoms with Crippen molar-refractivity contribution in [3.63, 3.8) is 0 Å². The number of aliphatic carboxylic acids is 2. The van der Waals surface area contributed by atoms with Gasteiger partial charge in [-0.3, -0.25) is 19.7 Å². The summed E-state index contributed by atoms with van der Waals surface area (Å²) in [5.74, 6) is -5.55. The normalized spacial score (nSPS) is 10.4. The molecule has 0 saturated carbocycles. The molecule has 7 nitrogen and oxygen atoms in total. The molecule has 0 heterocycles. The number of carboxylic acids is 2. The smallest absolute Gasteiger partial charge is 0.322 e. The van der Waals surface area contributed by atoms with E-state index in [4.69, 9.17) is 33.4 Å². The van der Waals surface area contributed by atoms with E-state index in [-0.39, 0.29) is 10.0 Å². The highest BCUT2D eigenvalue weighted by Gasteiger charge is 2.34. The molecular formula is C9H5Cl2NO6. The van der Waals surface area contributed by atoms with Gasteiger partial charge in [0.15, 0.2) is 5.92 Å². The molecule has 0 unspecified atom stereocenters. The summed E-state index contributed by atoms with van der Waals surface area (Å²) in [5, 5.41) is 28.0. The Kier molecular flexibility index (Phi) is 4.10. The highest BCUT2D eigenvalue weighted by molar-refractivity contribution is 6.42. The quantitative estimate of drug-likeness (QED) is 0.499. The largest absolute Gasteiger partial charge is 0.480 e. The van der Waals surface area contributed by atoms with E-state index in [1.165, 1.54) is 0 Å². The van der Waals surface area contributed by atoms with E-state index in [1.807, 2.05) is 0 Å². The summed E-state index contributed by atoms with van der Waals surface area (Å²) in [4.78, 5) is 31.5. The number of hydrogen-bond acceptors (Lipinski definition) is 4. The van der Waals surface area contributed by atoms with Crippen molar-refractivity contribution in [1.29, 1.82) is 0 Å². The van der Waals surface area contributed by atoms with Crippen molar-refractivity contribution in [3.8, 4) is 0 Å². The minimum atomic E-state index is -2.08. The van der Waals surface area contributed by atoms with E-state index < -0.39 is 34.0 Å². The minimum absolute atomic E-state index is 0.162. The summed E-state index contributed by atoms with van der Waals surface area (Å²) >= 11 is 11.2. The minimum Gasteiger partial charge on any atom is -0.480 e. The fourth-order valence-electron chi connectivity index (χ4n) is 1.31. The van der Waals surface area contributed by atoms with Crippen molar-refractivity contribution in [2.75, 3.05) is 0 Å². The van der Waals surface area contributed by atoms with Gasteiger partial charge in [0.05, 0.1) is 20.5 Å². The van der Waals surface area contributed by atoms with Crippen LogP contribution in [-0.2, 0) is 9.59 Å². The standard InChI is InChI=1S/C9H5Cl2NO6/c10-4-1-3(7(8(13)14)9(15)16)6(12(17)18)2-5(4)11/h1-2,7H,(H,13,14)(H,15,16). The first-order valence-corrected chi connectivity index (χ1v) is 5.10. The third-order valence-corrected chi connectivity index (χ3v) is 2.79. The molecule has 1 aromatic rings. The monoisotopic (exact) mass is 293 g/mol. The zero-order chi connectivity index (χ0) is 14.0. The number of benzene rings is 1. The molecule has 0 amide bonds. The maximum Gasteiger partial charge on any atom is 0.322 e. The molecule has 0 aromatic heterocycles. The number of nitro benzene ring substituents is 1. The summed E-state index contributed by atoms with van der Waals surface area (Å²) in [5.41, 5.74) is -1.24. The van der Waals surface area contributed by atoms with Gasteiger partial charge >= 0.3 is 11.9 Å². The summed E-state index contributed by atoms with van der Waals surface area (Å²) < 4.78 is 0. The Hall–Kier alpha value is -1.86. The number of carbonyl (C=O) groups is 2. The second kappa shape index (κ2) is 5.19. The van der Waals surface area contributed by atoms with Crippen LogP contribution in [0.15, 0.2) is 12.1 Å². The Bertz CT molecular complexity index is 530. The lowest BCUT2D eigenvalue weighted by Gasteiger charge is -2.09. The topological polar surface area (TPSA) is 118 Å². The second-order valence-corrected chi connectivity index (χ2v) is 4.01. The van der Waals surface area contributed by atoms with Crippen molar-refractivity contribution in [2.45, 2.75) is 5.92 Å². The van der Waals surface area contributed by atoms with Crippen LogP contribution in [-0.4, -0.2) is 27.1 Å². The van der Waals surface area contributed by atoms with Crippen LogP contribution in [0.3, 0.4) is 0 Å². The summed E-state index contributed by atoms with van der Waals surface area (Å²) in [7, 11) is 0. The van der Waals surface area contributed by atoms with Crippen LogP contribution < -0.4 is 0 Å². The average Bonchev–Trinajstić information content (AvgIpc) is 2.21. The van der Waals surface area contributed by atoms with E-state index in [0.29, 0.717) is 0 Å². The van der Waals surface area contributed by atoms with Crippen LogP contribution in [0.1, 0.15) is 11.5 Å². The zero-order valence-electron chi connectivity index (χ0n) is 8.46. The maximum absolute atomic E-state index is 10.8. The molecule has 0 aliphatic rings. The van der Waals surface area contributed by atoms with E-state index in [2.05, 4.69) is 0 Å². The van der Waals surface area contributed by atoms with E-state index >= 15 is 0 Å². The van der Waals surface area contributed by atoms with Crippen LogP contribution >= 0.6 is 23.2 Å². The fourth-order valence-corrected chi connectivity index (χ4v) is 1.64. The molecule has 0 bridgehead atoms. The highest BCUT2D eigenvalue weighted by Crippen LogP contribution is 2.35. The number of nitrogens with zero attached hydrogens (tertiary/aromatic N) is 1. The van der Waals surface area contributed by atoms with Crippen LogP contribution in [0.2, 0.25) is 10.0 Å². The molecule has 0 atom stereocenters. The lowest BCUT2D eigenvalue weighted by Crippen LogP contribution is -2.22. The van der Waals surface area contributed by atoms with Crippen LogP contribution in [0.4, 0.5) is 5.69 Å². The summed E-state index contributed by atoms with van der Waals surface area (Å²) in [6.07, 6.45) is 0. The van der Waals surface area contributed by atoms with Crippen molar-refractivity contribution >= 4 is 40.8 Å². The van der Waals surface area contributed by atoms with E-state index in [9.17, 15) is 19.7 Å². The molecule has 2 N–H and O–H groups in total. The van der Waals surface area contributed by atoms with Gasteiger partial charge in [-0.25, -0.2) is 0 Å². The van der Waals surface area contributed by atoms with Crippen molar-refractivity contribution < 1.29 is 24.7 Å². The first kappa shape index (κ1) is 14.2. The Morgan fingerprint density at radius 1 is 1.17 bits per heavy atom. The average molecular weight is 294 g/mol. The van der Waals surface area contributed by atoms with Crippen LogP contribution in [0, 0.1) is 10.1 Å². The lowest BCUT2D eigenvalue weighted by molar-refractivity contribution is -0.385. The van der Waals surface area contributed by atoms with Crippen molar-refractivity contribution in [3.05, 3.63) is 37.9 Å². The molecule has 0 saturated heterocycles. The molecule has 18 heavy (non-hydrogen) atoms. The number of nitro groups is 1. The van der Waals surface area contributed by atoms with E-state index in [1.54, 1.807) is 0 Å². The van der Waals surface area contributed by atoms with Gasteiger partial charge in [0.2, 0.25) is 0 Å². The van der Waals surface area contributed by atoms with Gasteiger partial charge in [-0.2, -0.15) is 0 Å². The van der Waals surface area contributed by atoms with Gasteiger partial charge in [-0.15, -0.1) is 0 Å². The van der Waals surface area contributed by atoms with Gasteiger partial charge in [-0.05, 0) is 6.07 Å². The van der Waals surface area contributed by atoms with E-state index in [0.717, 1.165) is 12.1 Å². The Morgan fingerprint density at radius 3 is 2.00 bits per heavy atom. The predicted octanol–water partition coefficient (Wildman–Crippen LogP) is 2.15. The number of halogens is 2. The molecule has 0 radical (unpaired) electrons. The summed E-state index contributed by atoms with van der Waals surface area (Å²) in [6, 6.07) is 1.69. The molecule has 0 spiro atoms. The molecule has 0 fully saturated rings. The third-order valence-electron chi connectivity index (χ3n) is 2.07. The molecule has 96 valence electrons. The first-order chi connectivity index (χ1) is 8.25. The molecule has 0 aliphatic carbocycles. The Labute approximate surface area is 110 Å². The SMILES string of the molecule is O=C(O)C(C(=O)O)c1cc(Cl)c(Cl)cc1[N+](=O)[O-]. The predicted molar refractivity (Wildman–Crippen MR) is 61.1 cm³/mol.